The lowest BCUT2D eigenvalue weighted by molar-refractivity contribution is -0.384. The summed E-state index contributed by atoms with van der Waals surface area (Å²) in [5.74, 6) is 6.13. The van der Waals surface area contributed by atoms with E-state index >= 15 is 0 Å². The van der Waals surface area contributed by atoms with Crippen molar-refractivity contribution in [1.82, 2.24) is 25.7 Å². The summed E-state index contributed by atoms with van der Waals surface area (Å²) in [5, 5.41) is 19.1. The van der Waals surface area contributed by atoms with Gasteiger partial charge in [-0.2, -0.15) is 0 Å². The van der Waals surface area contributed by atoms with E-state index in [1.165, 1.54) is 22.9 Å². The maximum absolute atomic E-state index is 12.1. The highest BCUT2D eigenvalue weighted by Crippen LogP contribution is 2.28. The van der Waals surface area contributed by atoms with Gasteiger partial charge in [0.25, 0.3) is 11.6 Å². The molecule has 13 heteroatoms. The number of aryl methyl sites for hydroxylation is 1. The summed E-state index contributed by atoms with van der Waals surface area (Å²) in [6.07, 6.45) is 0. The number of amides is 2. The number of hydrazine groups is 1. The zero-order valence-corrected chi connectivity index (χ0v) is 20.2. The lowest BCUT2D eigenvalue weighted by Crippen LogP contribution is -2.42. The third-order valence-corrected chi connectivity index (χ3v) is 5.79. The second-order valence-corrected chi connectivity index (χ2v) is 8.79. The Kier molecular flexibility index (Phi) is 8.25. The SMILES string of the molecule is Cc1ccc(C(C)C)c(OCc2nnc(SCC(=O)NNC(=O)c3cccc([N+](=O)[O-])c3)n2N)c1. The van der Waals surface area contributed by atoms with Crippen LogP contribution < -0.4 is 21.4 Å². The number of carbonyl (C=O) groups excluding carboxylic acids is 2. The van der Waals surface area contributed by atoms with Crippen LogP contribution in [0, 0.1) is 17.0 Å². The number of rotatable bonds is 9. The number of ether oxygens (including phenoxy) is 1. The van der Waals surface area contributed by atoms with E-state index in [-0.39, 0.29) is 34.7 Å². The van der Waals surface area contributed by atoms with E-state index in [0.717, 1.165) is 34.7 Å². The van der Waals surface area contributed by atoms with Crippen molar-refractivity contribution < 1.29 is 19.2 Å². The van der Waals surface area contributed by atoms with Gasteiger partial charge in [-0.3, -0.25) is 30.6 Å². The fraction of sp³-hybridized carbons (Fsp3) is 0.273. The van der Waals surface area contributed by atoms with Crippen LogP contribution in [0.5, 0.6) is 5.75 Å². The Morgan fingerprint density at radius 1 is 1.20 bits per heavy atom. The molecule has 35 heavy (non-hydrogen) atoms. The number of nitrogens with one attached hydrogen (secondary N) is 2. The molecule has 2 amide bonds. The van der Waals surface area contributed by atoms with Crippen LogP contribution in [0.4, 0.5) is 5.69 Å². The van der Waals surface area contributed by atoms with Crippen LogP contribution in [0.2, 0.25) is 0 Å². The molecule has 0 unspecified atom stereocenters. The molecule has 0 saturated carbocycles. The molecule has 0 bridgehead atoms. The van der Waals surface area contributed by atoms with Gasteiger partial charge in [0.2, 0.25) is 11.1 Å². The Morgan fingerprint density at radius 3 is 2.69 bits per heavy atom. The van der Waals surface area contributed by atoms with Crippen molar-refractivity contribution in [3.63, 3.8) is 0 Å². The molecule has 0 spiro atoms. The van der Waals surface area contributed by atoms with E-state index in [0.29, 0.717) is 5.82 Å². The van der Waals surface area contributed by atoms with Crippen LogP contribution in [-0.4, -0.2) is 37.4 Å². The van der Waals surface area contributed by atoms with Crippen molar-refractivity contribution in [1.29, 1.82) is 0 Å². The van der Waals surface area contributed by atoms with Gasteiger partial charge >= 0.3 is 0 Å². The lowest BCUT2D eigenvalue weighted by Gasteiger charge is -2.14. The number of nitro benzene ring substituents is 1. The molecule has 0 radical (unpaired) electrons. The first-order valence-corrected chi connectivity index (χ1v) is 11.5. The Balaban J connectivity index is 1.51. The van der Waals surface area contributed by atoms with E-state index in [4.69, 9.17) is 10.6 Å². The van der Waals surface area contributed by atoms with Gasteiger partial charge in [0.1, 0.15) is 12.4 Å². The van der Waals surface area contributed by atoms with E-state index in [9.17, 15) is 19.7 Å². The summed E-state index contributed by atoms with van der Waals surface area (Å²) < 4.78 is 7.17. The molecule has 0 aliphatic rings. The molecule has 0 aliphatic carbocycles. The van der Waals surface area contributed by atoms with Gasteiger partial charge in [-0.15, -0.1) is 10.2 Å². The second kappa shape index (κ2) is 11.3. The second-order valence-electron chi connectivity index (χ2n) is 7.85. The summed E-state index contributed by atoms with van der Waals surface area (Å²) >= 11 is 1.02. The van der Waals surface area contributed by atoms with Gasteiger partial charge in [0, 0.05) is 17.7 Å². The smallest absolute Gasteiger partial charge is 0.270 e. The molecule has 1 aromatic heterocycles. The first-order valence-electron chi connectivity index (χ1n) is 10.5. The van der Waals surface area contributed by atoms with Gasteiger partial charge in [-0.25, -0.2) is 4.68 Å². The highest BCUT2D eigenvalue weighted by Gasteiger charge is 2.16. The molecule has 0 atom stereocenters. The zero-order valence-electron chi connectivity index (χ0n) is 19.3. The van der Waals surface area contributed by atoms with Crippen LogP contribution in [0.15, 0.2) is 47.6 Å². The third kappa shape index (κ3) is 6.69. The van der Waals surface area contributed by atoms with Crippen LogP contribution in [0.3, 0.4) is 0 Å². The van der Waals surface area contributed by atoms with Gasteiger partial charge in [-0.05, 0) is 36.1 Å². The molecule has 0 saturated heterocycles. The Bertz CT molecular complexity index is 1240. The van der Waals surface area contributed by atoms with Gasteiger partial charge in [0.05, 0.1) is 10.7 Å². The molecular formula is C22H25N7O5S. The minimum absolute atomic E-state index is 0.0349. The van der Waals surface area contributed by atoms with Crippen molar-refractivity contribution in [3.05, 3.63) is 75.1 Å². The molecule has 1 heterocycles. The number of non-ortho nitro benzene ring substituents is 1. The maximum Gasteiger partial charge on any atom is 0.270 e. The number of benzene rings is 2. The number of nitrogens with zero attached hydrogens (tertiary/aromatic N) is 4. The first-order chi connectivity index (χ1) is 16.7. The highest BCUT2D eigenvalue weighted by molar-refractivity contribution is 7.99. The lowest BCUT2D eigenvalue weighted by atomic mass is 10.0. The largest absolute Gasteiger partial charge is 0.485 e. The Morgan fingerprint density at radius 2 is 1.97 bits per heavy atom. The fourth-order valence-corrected chi connectivity index (χ4v) is 3.69. The number of carbonyl (C=O) groups is 2. The first kappa shape index (κ1) is 25.5. The number of hydrogen-bond donors (Lipinski definition) is 3. The van der Waals surface area contributed by atoms with Crippen molar-refractivity contribution >= 4 is 29.3 Å². The summed E-state index contributed by atoms with van der Waals surface area (Å²) in [5.41, 5.74) is 6.39. The summed E-state index contributed by atoms with van der Waals surface area (Å²) in [6.45, 7) is 6.23. The number of nitrogens with two attached hydrogens (primary N) is 1. The van der Waals surface area contributed by atoms with Gasteiger partial charge < -0.3 is 10.6 Å². The molecule has 0 aliphatic heterocycles. The minimum Gasteiger partial charge on any atom is -0.485 e. The quantitative estimate of drug-likeness (QED) is 0.173. The van der Waals surface area contributed by atoms with E-state index in [1.807, 2.05) is 25.1 Å². The number of hydrogen-bond acceptors (Lipinski definition) is 9. The standard InChI is InChI=1S/C22H25N7O5S/c1-13(2)17-8-7-14(3)9-18(17)34-11-19-24-27-22(28(19)23)35-12-20(30)25-26-21(31)15-5-4-6-16(10-15)29(32)33/h4-10,13H,11-12,23H2,1-3H3,(H,25,30)(H,26,31). The van der Waals surface area contributed by atoms with Crippen molar-refractivity contribution in [2.24, 2.45) is 0 Å². The topological polar surface area (TPSA) is 167 Å². The molecule has 184 valence electrons. The number of thioether (sulfide) groups is 1. The summed E-state index contributed by atoms with van der Waals surface area (Å²) in [4.78, 5) is 34.4. The predicted octanol–water partition coefficient (Wildman–Crippen LogP) is 2.46. The Labute approximate surface area is 205 Å². The van der Waals surface area contributed by atoms with Crippen molar-refractivity contribution in [2.45, 2.75) is 38.5 Å². The van der Waals surface area contributed by atoms with Crippen LogP contribution in [0.25, 0.3) is 0 Å². The minimum atomic E-state index is -0.689. The molecule has 4 N–H and O–H groups in total. The van der Waals surface area contributed by atoms with Crippen molar-refractivity contribution in [3.8, 4) is 5.75 Å². The van der Waals surface area contributed by atoms with E-state index in [2.05, 4.69) is 34.9 Å². The normalized spacial score (nSPS) is 10.7. The third-order valence-electron chi connectivity index (χ3n) is 4.85. The van der Waals surface area contributed by atoms with E-state index in [1.54, 1.807) is 0 Å². The van der Waals surface area contributed by atoms with E-state index < -0.39 is 16.7 Å². The maximum atomic E-state index is 12.1. The van der Waals surface area contributed by atoms with Crippen LogP contribution >= 0.6 is 11.8 Å². The monoisotopic (exact) mass is 499 g/mol. The predicted molar refractivity (Wildman–Crippen MR) is 129 cm³/mol. The van der Waals surface area contributed by atoms with Crippen LogP contribution in [0.1, 0.15) is 47.1 Å². The summed E-state index contributed by atoms with van der Waals surface area (Å²) in [7, 11) is 0. The van der Waals surface area contributed by atoms with Crippen molar-refractivity contribution in [2.75, 3.05) is 11.6 Å². The highest BCUT2D eigenvalue weighted by atomic mass is 32.2. The zero-order chi connectivity index (χ0) is 25.5. The average molecular weight is 500 g/mol. The average Bonchev–Trinajstić information content (AvgIpc) is 3.18. The van der Waals surface area contributed by atoms with Gasteiger partial charge in [-0.1, -0.05) is 43.8 Å². The molecule has 3 rings (SSSR count). The number of nitrogen functional groups attached to an aromatic ring is 1. The summed E-state index contributed by atoms with van der Waals surface area (Å²) in [6, 6.07) is 11.2. The van der Waals surface area contributed by atoms with Gasteiger partial charge in [0.15, 0.2) is 5.82 Å². The molecular weight excluding hydrogens is 474 g/mol. The van der Waals surface area contributed by atoms with Crippen LogP contribution in [-0.2, 0) is 11.4 Å². The fourth-order valence-electron chi connectivity index (χ4n) is 3.02. The number of nitro groups is 1. The molecule has 2 aromatic carbocycles. The Hall–Kier alpha value is -4.13. The molecule has 3 aromatic rings. The molecule has 0 fully saturated rings. The molecule has 12 nitrogen and oxygen atoms in total. The number of aromatic nitrogens is 3.